The fourth-order valence-corrected chi connectivity index (χ4v) is 2.30. The van der Waals surface area contributed by atoms with Gasteiger partial charge in [0, 0.05) is 24.5 Å². The van der Waals surface area contributed by atoms with Crippen molar-refractivity contribution in [1.29, 1.82) is 0 Å². The van der Waals surface area contributed by atoms with E-state index in [0.29, 0.717) is 13.1 Å². The average Bonchev–Trinajstić information content (AvgIpc) is 2.36. The topological polar surface area (TPSA) is 75.4 Å². The van der Waals surface area contributed by atoms with Crippen LogP contribution in [-0.2, 0) is 9.59 Å². The van der Waals surface area contributed by atoms with Crippen LogP contribution in [-0.4, -0.2) is 41.9 Å². The van der Waals surface area contributed by atoms with E-state index in [-0.39, 0.29) is 29.2 Å². The number of carbonyl (C=O) groups is 2. The molecule has 0 unspecified atom stereocenters. The molecule has 0 radical (unpaired) electrons. The Morgan fingerprint density at radius 1 is 1.20 bits per heavy atom. The van der Waals surface area contributed by atoms with Crippen molar-refractivity contribution in [1.82, 2.24) is 10.2 Å². The van der Waals surface area contributed by atoms with E-state index < -0.39 is 6.04 Å². The Kier molecular flexibility index (Phi) is 5.57. The Morgan fingerprint density at radius 3 is 2.10 bits per heavy atom. The molecule has 5 nitrogen and oxygen atoms in total. The van der Waals surface area contributed by atoms with E-state index in [1.807, 2.05) is 39.5 Å². The van der Waals surface area contributed by atoms with E-state index >= 15 is 0 Å². The van der Waals surface area contributed by atoms with E-state index in [0.717, 1.165) is 12.8 Å². The van der Waals surface area contributed by atoms with E-state index in [1.54, 1.807) is 0 Å². The quantitative estimate of drug-likeness (QED) is 0.815. The largest absolute Gasteiger partial charge is 0.352 e. The molecule has 1 aliphatic rings. The van der Waals surface area contributed by atoms with Gasteiger partial charge >= 0.3 is 0 Å². The highest BCUT2D eigenvalue weighted by Crippen LogP contribution is 2.21. The molecule has 1 saturated heterocycles. The van der Waals surface area contributed by atoms with Crippen molar-refractivity contribution in [2.24, 2.45) is 17.1 Å². The van der Waals surface area contributed by atoms with Crippen LogP contribution in [0.5, 0.6) is 0 Å². The van der Waals surface area contributed by atoms with Gasteiger partial charge in [-0.05, 0) is 18.8 Å². The molecule has 0 spiro atoms. The zero-order valence-corrected chi connectivity index (χ0v) is 13.4. The van der Waals surface area contributed by atoms with Crippen molar-refractivity contribution < 1.29 is 9.59 Å². The lowest BCUT2D eigenvalue weighted by Gasteiger charge is -2.36. The first-order valence-corrected chi connectivity index (χ1v) is 7.48. The normalized spacial score (nSPS) is 19.1. The van der Waals surface area contributed by atoms with E-state index in [2.05, 4.69) is 5.32 Å². The molecule has 1 fully saturated rings. The highest BCUT2D eigenvalue weighted by Gasteiger charge is 2.31. The molecule has 0 saturated carbocycles. The van der Waals surface area contributed by atoms with Crippen molar-refractivity contribution in [3.8, 4) is 0 Å². The number of amides is 2. The van der Waals surface area contributed by atoms with Gasteiger partial charge in [-0.1, -0.05) is 34.6 Å². The first kappa shape index (κ1) is 17.0. The number of nitrogens with two attached hydrogens (primary N) is 1. The highest BCUT2D eigenvalue weighted by molar-refractivity contribution is 5.82. The third-order valence-electron chi connectivity index (χ3n) is 3.79. The number of carbonyl (C=O) groups excluding carboxylic acids is 2. The zero-order chi connectivity index (χ0) is 15.5. The molecule has 3 N–H and O–H groups in total. The van der Waals surface area contributed by atoms with Crippen LogP contribution in [0, 0.1) is 11.3 Å². The molecule has 5 heteroatoms. The van der Waals surface area contributed by atoms with Gasteiger partial charge in [0.2, 0.25) is 11.8 Å². The second-order valence-electron chi connectivity index (χ2n) is 7.09. The van der Waals surface area contributed by atoms with Gasteiger partial charge in [-0.3, -0.25) is 9.59 Å². The molecule has 0 aromatic heterocycles. The molecule has 116 valence electrons. The van der Waals surface area contributed by atoms with Crippen LogP contribution >= 0.6 is 0 Å². The van der Waals surface area contributed by atoms with Crippen LogP contribution < -0.4 is 11.1 Å². The summed E-state index contributed by atoms with van der Waals surface area (Å²) in [5.41, 5.74) is 5.50. The zero-order valence-electron chi connectivity index (χ0n) is 13.4. The molecular formula is C15H29N3O2. The Balaban J connectivity index is 2.43. The van der Waals surface area contributed by atoms with Crippen LogP contribution in [0.1, 0.15) is 47.5 Å². The second kappa shape index (κ2) is 6.57. The summed E-state index contributed by atoms with van der Waals surface area (Å²) in [4.78, 5) is 26.0. The molecule has 20 heavy (non-hydrogen) atoms. The first-order chi connectivity index (χ1) is 9.12. The van der Waals surface area contributed by atoms with Crippen molar-refractivity contribution >= 4 is 11.8 Å². The number of nitrogens with zero attached hydrogens (tertiary/aromatic N) is 1. The number of hydrogen-bond donors (Lipinski definition) is 2. The minimum absolute atomic E-state index is 0.0828. The minimum atomic E-state index is -0.454. The van der Waals surface area contributed by atoms with E-state index in [1.165, 1.54) is 0 Å². The lowest BCUT2D eigenvalue weighted by Crippen LogP contribution is -2.52. The number of likely N-dealkylation sites (tertiary alicyclic amines) is 1. The molecule has 1 aliphatic heterocycles. The molecule has 0 bridgehead atoms. The Bertz CT molecular complexity index is 353. The maximum absolute atomic E-state index is 12.2. The smallest absolute Gasteiger partial charge is 0.237 e. The summed E-state index contributed by atoms with van der Waals surface area (Å²) >= 11 is 0. The fourth-order valence-electron chi connectivity index (χ4n) is 2.30. The van der Waals surface area contributed by atoms with Gasteiger partial charge < -0.3 is 16.0 Å². The van der Waals surface area contributed by atoms with Gasteiger partial charge in [0.25, 0.3) is 0 Å². The third kappa shape index (κ3) is 4.47. The monoisotopic (exact) mass is 283 g/mol. The van der Waals surface area contributed by atoms with Gasteiger partial charge in [-0.15, -0.1) is 0 Å². The highest BCUT2D eigenvalue weighted by atomic mass is 16.2. The van der Waals surface area contributed by atoms with Crippen LogP contribution in [0.25, 0.3) is 0 Å². The van der Waals surface area contributed by atoms with Gasteiger partial charge in [-0.25, -0.2) is 0 Å². The number of hydrogen-bond acceptors (Lipinski definition) is 3. The molecule has 0 aromatic rings. The van der Waals surface area contributed by atoms with Gasteiger partial charge in [-0.2, -0.15) is 0 Å². The summed E-state index contributed by atoms with van der Waals surface area (Å²) in [5, 5.41) is 3.00. The van der Waals surface area contributed by atoms with Crippen LogP contribution in [0.3, 0.4) is 0 Å². The summed E-state index contributed by atoms with van der Waals surface area (Å²) in [6.45, 7) is 11.1. The minimum Gasteiger partial charge on any atom is -0.352 e. The maximum Gasteiger partial charge on any atom is 0.237 e. The standard InChI is InChI=1S/C15H29N3O2/c1-10(2)12(16)13(19)17-11-6-8-18(9-7-11)14(20)15(3,4)5/h10-12H,6-9,16H2,1-5H3,(H,17,19)/t12-/m1/s1. The number of piperidine rings is 1. The van der Waals surface area contributed by atoms with Crippen molar-refractivity contribution in [3.05, 3.63) is 0 Å². The molecular weight excluding hydrogens is 254 g/mol. The Labute approximate surface area is 122 Å². The van der Waals surface area contributed by atoms with E-state index in [9.17, 15) is 9.59 Å². The molecule has 1 rings (SSSR count). The summed E-state index contributed by atoms with van der Waals surface area (Å²) in [6.07, 6.45) is 1.61. The lowest BCUT2D eigenvalue weighted by molar-refractivity contribution is -0.140. The van der Waals surface area contributed by atoms with Gasteiger partial charge in [0.15, 0.2) is 0 Å². The number of nitrogens with one attached hydrogen (secondary N) is 1. The number of rotatable bonds is 3. The Morgan fingerprint density at radius 2 is 1.70 bits per heavy atom. The van der Waals surface area contributed by atoms with E-state index in [4.69, 9.17) is 5.73 Å². The average molecular weight is 283 g/mol. The second-order valence-corrected chi connectivity index (χ2v) is 7.09. The SMILES string of the molecule is CC(C)[C@@H](N)C(=O)NC1CCN(C(=O)C(C)(C)C)CC1. The van der Waals surface area contributed by atoms with Gasteiger partial charge in [0.1, 0.15) is 0 Å². The van der Waals surface area contributed by atoms with Crippen molar-refractivity contribution in [2.45, 2.75) is 59.5 Å². The third-order valence-corrected chi connectivity index (χ3v) is 3.79. The Hall–Kier alpha value is -1.10. The van der Waals surface area contributed by atoms with Crippen molar-refractivity contribution in [2.75, 3.05) is 13.1 Å². The molecule has 2 amide bonds. The summed E-state index contributed by atoms with van der Waals surface area (Å²) in [6, 6.07) is -0.319. The summed E-state index contributed by atoms with van der Waals surface area (Å²) in [7, 11) is 0. The predicted molar refractivity (Wildman–Crippen MR) is 80.0 cm³/mol. The molecule has 0 aliphatic carbocycles. The fraction of sp³-hybridized carbons (Fsp3) is 0.867. The summed E-state index contributed by atoms with van der Waals surface area (Å²) < 4.78 is 0. The first-order valence-electron chi connectivity index (χ1n) is 7.48. The maximum atomic E-state index is 12.2. The molecule has 0 aromatic carbocycles. The van der Waals surface area contributed by atoms with Crippen LogP contribution in [0.2, 0.25) is 0 Å². The summed E-state index contributed by atoms with van der Waals surface area (Å²) in [5.74, 6) is 0.235. The van der Waals surface area contributed by atoms with Gasteiger partial charge in [0.05, 0.1) is 6.04 Å². The van der Waals surface area contributed by atoms with Crippen LogP contribution in [0.4, 0.5) is 0 Å². The lowest BCUT2D eigenvalue weighted by atomic mass is 9.93. The molecule has 1 heterocycles. The van der Waals surface area contributed by atoms with Crippen molar-refractivity contribution in [3.63, 3.8) is 0 Å². The predicted octanol–water partition coefficient (Wildman–Crippen LogP) is 1.12. The molecule has 1 atom stereocenters. The van der Waals surface area contributed by atoms with Crippen LogP contribution in [0.15, 0.2) is 0 Å².